The molecule has 3 heteroatoms. The molecule has 0 amide bonds. The SMILES string of the molecule is CCCCN(CC[CH2][Sn])CCCI. The predicted molar refractivity (Wildman–Crippen MR) is 70.0 cm³/mol. The van der Waals surface area contributed by atoms with Crippen molar-refractivity contribution in [1.29, 1.82) is 0 Å². The first-order valence-electron chi connectivity index (χ1n) is 5.28. The van der Waals surface area contributed by atoms with E-state index in [0.29, 0.717) is 0 Å². The third-order valence-electron chi connectivity index (χ3n) is 2.09. The molecule has 0 rings (SSSR count). The van der Waals surface area contributed by atoms with E-state index >= 15 is 0 Å². The second-order valence-corrected chi connectivity index (χ2v) is 5.85. The van der Waals surface area contributed by atoms with Crippen LogP contribution in [0.15, 0.2) is 0 Å². The van der Waals surface area contributed by atoms with Crippen LogP contribution in [0.2, 0.25) is 4.44 Å². The van der Waals surface area contributed by atoms with Crippen LogP contribution in [0.25, 0.3) is 0 Å². The Balaban J connectivity index is 3.47. The van der Waals surface area contributed by atoms with E-state index in [4.69, 9.17) is 0 Å². The Morgan fingerprint density at radius 1 is 1.08 bits per heavy atom. The topological polar surface area (TPSA) is 3.24 Å². The molecule has 0 spiro atoms. The average molecular weight is 401 g/mol. The molecule has 0 aromatic carbocycles. The Bertz CT molecular complexity index is 81.9. The van der Waals surface area contributed by atoms with Gasteiger partial charge in [-0.2, -0.15) is 0 Å². The maximum absolute atomic E-state index is 2.65. The summed E-state index contributed by atoms with van der Waals surface area (Å²) in [6, 6.07) is 0. The summed E-state index contributed by atoms with van der Waals surface area (Å²) in [6.07, 6.45) is 5.47. The molecule has 0 fully saturated rings. The van der Waals surface area contributed by atoms with Crippen LogP contribution in [-0.4, -0.2) is 51.5 Å². The summed E-state index contributed by atoms with van der Waals surface area (Å²) < 4.78 is 2.72. The summed E-state index contributed by atoms with van der Waals surface area (Å²) in [5.41, 5.74) is 0. The van der Waals surface area contributed by atoms with Gasteiger partial charge in [-0.1, -0.05) is 0 Å². The summed E-state index contributed by atoms with van der Waals surface area (Å²) in [4.78, 5) is 2.65. The third-order valence-corrected chi connectivity index (χ3v) is 3.86. The maximum atomic E-state index is 2.65. The van der Waals surface area contributed by atoms with Gasteiger partial charge >= 0.3 is 111 Å². The van der Waals surface area contributed by atoms with Gasteiger partial charge in [-0.05, 0) is 0 Å². The summed E-state index contributed by atoms with van der Waals surface area (Å²) in [7, 11) is 0. The Kier molecular flexibility index (Phi) is 12.9. The Hall–Kier alpha value is 1.49. The van der Waals surface area contributed by atoms with Gasteiger partial charge in [-0.15, -0.1) is 0 Å². The fraction of sp³-hybridized carbons (Fsp3) is 1.00. The molecule has 0 atom stereocenters. The molecule has 0 heterocycles. The fourth-order valence-electron chi connectivity index (χ4n) is 1.30. The van der Waals surface area contributed by atoms with Crippen molar-refractivity contribution in [1.82, 2.24) is 4.90 Å². The number of alkyl halides is 1. The molecule has 0 saturated carbocycles. The average Bonchev–Trinajstić information content (AvgIpc) is 2.17. The predicted octanol–water partition coefficient (Wildman–Crippen LogP) is 2.89. The van der Waals surface area contributed by atoms with E-state index < -0.39 is 0 Å². The molecule has 0 N–H and O–H groups in total. The van der Waals surface area contributed by atoms with Crippen molar-refractivity contribution in [2.75, 3.05) is 24.1 Å². The van der Waals surface area contributed by atoms with Gasteiger partial charge in [0.1, 0.15) is 0 Å². The Morgan fingerprint density at radius 2 is 1.69 bits per heavy atom. The van der Waals surface area contributed by atoms with Crippen LogP contribution in [0.1, 0.15) is 32.6 Å². The number of hydrogen-bond acceptors (Lipinski definition) is 1. The molecule has 0 aliphatic heterocycles. The van der Waals surface area contributed by atoms with Gasteiger partial charge in [0, 0.05) is 0 Å². The summed E-state index contributed by atoms with van der Waals surface area (Å²) in [5.74, 6) is 0. The Labute approximate surface area is 110 Å². The van der Waals surface area contributed by atoms with Gasteiger partial charge in [0.05, 0.1) is 0 Å². The van der Waals surface area contributed by atoms with Crippen molar-refractivity contribution < 1.29 is 0 Å². The Morgan fingerprint density at radius 3 is 2.23 bits per heavy atom. The van der Waals surface area contributed by atoms with Crippen LogP contribution in [0.4, 0.5) is 0 Å². The van der Waals surface area contributed by atoms with Crippen molar-refractivity contribution in [3.63, 3.8) is 0 Å². The zero-order valence-corrected chi connectivity index (χ0v) is 13.7. The van der Waals surface area contributed by atoms with Gasteiger partial charge in [-0.3, -0.25) is 0 Å². The van der Waals surface area contributed by atoms with Crippen LogP contribution < -0.4 is 0 Å². The first-order valence-corrected chi connectivity index (χ1v) is 8.82. The van der Waals surface area contributed by atoms with E-state index in [1.54, 1.807) is 22.5 Å². The molecule has 0 saturated heterocycles. The zero-order chi connectivity index (χ0) is 9.94. The van der Waals surface area contributed by atoms with E-state index in [-0.39, 0.29) is 0 Å². The number of hydrogen-bond donors (Lipinski definition) is 0. The van der Waals surface area contributed by atoms with Crippen molar-refractivity contribution in [2.24, 2.45) is 0 Å². The van der Waals surface area contributed by atoms with Gasteiger partial charge < -0.3 is 0 Å². The molecular weight excluding hydrogens is 380 g/mol. The first-order chi connectivity index (χ1) is 6.35. The second-order valence-electron chi connectivity index (χ2n) is 3.34. The molecule has 3 radical (unpaired) electrons. The quantitative estimate of drug-likeness (QED) is 0.327. The zero-order valence-electron chi connectivity index (χ0n) is 8.69. The second kappa shape index (κ2) is 11.6. The summed E-state index contributed by atoms with van der Waals surface area (Å²) in [5, 5.41) is 0. The number of nitrogens with zero attached hydrogens (tertiary/aromatic N) is 1. The number of halogens is 1. The fourth-order valence-corrected chi connectivity index (χ4v) is 2.10. The minimum absolute atomic E-state index is 1.30. The molecule has 13 heavy (non-hydrogen) atoms. The van der Waals surface area contributed by atoms with E-state index in [0.717, 1.165) is 0 Å². The van der Waals surface area contributed by atoms with Crippen LogP contribution in [0.5, 0.6) is 0 Å². The molecule has 0 unspecified atom stereocenters. The summed E-state index contributed by atoms with van der Waals surface area (Å²) in [6.45, 7) is 6.25. The first kappa shape index (κ1) is 14.5. The molecule has 0 aliphatic rings. The van der Waals surface area contributed by atoms with E-state index in [1.165, 1.54) is 54.2 Å². The number of unbranched alkanes of at least 4 members (excludes halogenated alkanes) is 1. The minimum atomic E-state index is 1.30. The van der Waals surface area contributed by atoms with Gasteiger partial charge in [0.25, 0.3) is 0 Å². The standard InChI is InChI=1S/C10H21IN.Sn/c1-3-5-9-12(8-4-2)10-6-7-11;/h2-10H2,1H3;. The molecule has 77 valence electrons. The van der Waals surface area contributed by atoms with Gasteiger partial charge in [-0.25, -0.2) is 0 Å². The summed E-state index contributed by atoms with van der Waals surface area (Å²) >= 11 is 4.17. The van der Waals surface area contributed by atoms with E-state index in [2.05, 4.69) is 34.4 Å². The molecule has 0 aromatic heterocycles. The molecule has 0 bridgehead atoms. The van der Waals surface area contributed by atoms with Crippen LogP contribution >= 0.6 is 22.6 Å². The van der Waals surface area contributed by atoms with Crippen LogP contribution in [-0.2, 0) is 0 Å². The molecule has 0 aliphatic carbocycles. The molecule has 1 nitrogen and oxygen atoms in total. The normalized spacial score (nSPS) is 11.1. The number of rotatable bonds is 9. The molecular formula is C10H21INSn. The van der Waals surface area contributed by atoms with Crippen LogP contribution in [0.3, 0.4) is 0 Å². The van der Waals surface area contributed by atoms with Gasteiger partial charge in [0.15, 0.2) is 0 Å². The van der Waals surface area contributed by atoms with Crippen molar-refractivity contribution in [3.05, 3.63) is 0 Å². The molecule has 0 aromatic rings. The van der Waals surface area contributed by atoms with E-state index in [1.807, 2.05) is 0 Å². The van der Waals surface area contributed by atoms with Crippen molar-refractivity contribution >= 4 is 45.1 Å². The van der Waals surface area contributed by atoms with Crippen molar-refractivity contribution in [3.8, 4) is 0 Å². The van der Waals surface area contributed by atoms with E-state index in [9.17, 15) is 0 Å². The van der Waals surface area contributed by atoms with Crippen LogP contribution in [0, 0.1) is 0 Å². The van der Waals surface area contributed by atoms with Gasteiger partial charge in [0.2, 0.25) is 0 Å². The monoisotopic (exact) mass is 402 g/mol. The third kappa shape index (κ3) is 9.79. The van der Waals surface area contributed by atoms with Crippen molar-refractivity contribution in [2.45, 2.75) is 37.0 Å².